The Morgan fingerprint density at radius 1 is 1.13 bits per heavy atom. The molecule has 0 N–H and O–H groups in total. The Hall–Kier alpha value is -2.23. The topological polar surface area (TPSA) is 52.1 Å². The second-order valence-corrected chi connectivity index (χ2v) is 9.40. The molecular formula is C27H40N2O2. The standard InChI is InChI=1S/C27H40N2O2/c1-6-7-8-9-10-11-17-31-26(30)25-28-19-23(20-29-25)18-21(2)14-15-24-22(3)13-12-16-27(24,4)5/h14-15,18-20H,6-13,16-17H2,1-5H3/b15-14?,21-18+. The van der Waals surface area contributed by atoms with Crippen molar-refractivity contribution in [2.24, 2.45) is 5.41 Å². The van der Waals surface area contributed by atoms with Crippen LogP contribution in [0.25, 0.3) is 6.08 Å². The molecule has 4 heteroatoms. The summed E-state index contributed by atoms with van der Waals surface area (Å²) in [5.74, 6) is -0.316. The Labute approximate surface area is 188 Å². The monoisotopic (exact) mass is 424 g/mol. The molecule has 0 radical (unpaired) electrons. The van der Waals surface area contributed by atoms with Crippen molar-refractivity contribution in [3.8, 4) is 0 Å². The molecule has 0 atom stereocenters. The van der Waals surface area contributed by atoms with Crippen molar-refractivity contribution < 1.29 is 9.53 Å². The van der Waals surface area contributed by atoms with Crippen molar-refractivity contribution in [2.45, 2.75) is 92.4 Å². The van der Waals surface area contributed by atoms with Crippen molar-refractivity contribution >= 4 is 12.0 Å². The quantitative estimate of drug-likeness (QED) is 0.210. The highest BCUT2D eigenvalue weighted by atomic mass is 16.5. The lowest BCUT2D eigenvalue weighted by Crippen LogP contribution is -2.19. The predicted molar refractivity (Wildman–Crippen MR) is 129 cm³/mol. The van der Waals surface area contributed by atoms with Crippen LogP contribution in [0.2, 0.25) is 0 Å². The van der Waals surface area contributed by atoms with Crippen LogP contribution in [0.3, 0.4) is 0 Å². The first-order valence-corrected chi connectivity index (χ1v) is 11.9. The molecule has 170 valence electrons. The van der Waals surface area contributed by atoms with E-state index in [2.05, 4.69) is 56.7 Å². The van der Waals surface area contributed by atoms with Gasteiger partial charge in [0.1, 0.15) is 0 Å². The van der Waals surface area contributed by atoms with E-state index in [9.17, 15) is 4.79 Å². The van der Waals surface area contributed by atoms with E-state index in [-0.39, 0.29) is 11.2 Å². The molecule has 1 aliphatic rings. The third-order valence-electron chi connectivity index (χ3n) is 6.04. The minimum atomic E-state index is -0.442. The normalized spacial score (nSPS) is 16.7. The molecule has 2 rings (SSSR count). The molecule has 0 spiro atoms. The largest absolute Gasteiger partial charge is 0.460 e. The van der Waals surface area contributed by atoms with Crippen molar-refractivity contribution in [1.29, 1.82) is 0 Å². The fourth-order valence-electron chi connectivity index (χ4n) is 4.17. The number of carbonyl (C=O) groups is 1. The Balaban J connectivity index is 1.86. The van der Waals surface area contributed by atoms with Gasteiger partial charge >= 0.3 is 5.97 Å². The maximum atomic E-state index is 12.1. The minimum Gasteiger partial charge on any atom is -0.460 e. The minimum absolute atomic E-state index is 0.126. The highest BCUT2D eigenvalue weighted by Crippen LogP contribution is 2.40. The zero-order chi connectivity index (χ0) is 22.7. The lowest BCUT2D eigenvalue weighted by atomic mass is 9.72. The van der Waals surface area contributed by atoms with Gasteiger partial charge in [-0.1, -0.05) is 76.2 Å². The van der Waals surface area contributed by atoms with Gasteiger partial charge in [0.2, 0.25) is 5.82 Å². The number of aromatic nitrogens is 2. The van der Waals surface area contributed by atoms with E-state index in [1.165, 1.54) is 56.1 Å². The summed E-state index contributed by atoms with van der Waals surface area (Å²) < 4.78 is 5.30. The second kappa shape index (κ2) is 12.6. The number of esters is 1. The molecular weight excluding hydrogens is 384 g/mol. The molecule has 0 amide bonds. The van der Waals surface area contributed by atoms with Crippen molar-refractivity contribution in [3.05, 3.63) is 52.7 Å². The molecule has 1 aliphatic carbocycles. The Bertz CT molecular complexity index is 801. The molecule has 31 heavy (non-hydrogen) atoms. The highest BCUT2D eigenvalue weighted by molar-refractivity contribution is 5.85. The molecule has 0 saturated carbocycles. The van der Waals surface area contributed by atoms with Crippen LogP contribution < -0.4 is 0 Å². The fourth-order valence-corrected chi connectivity index (χ4v) is 4.17. The van der Waals surface area contributed by atoms with Crippen molar-refractivity contribution in [3.63, 3.8) is 0 Å². The van der Waals surface area contributed by atoms with Gasteiger partial charge in [-0.05, 0) is 56.6 Å². The van der Waals surface area contributed by atoms with Crippen LogP contribution in [-0.2, 0) is 4.74 Å². The molecule has 0 fully saturated rings. The van der Waals surface area contributed by atoms with Crippen LogP contribution in [0.1, 0.15) is 109 Å². The summed E-state index contributed by atoms with van der Waals surface area (Å²) in [7, 11) is 0. The number of hydrogen-bond donors (Lipinski definition) is 0. The smallest absolute Gasteiger partial charge is 0.376 e. The number of allylic oxidation sites excluding steroid dienone is 5. The lowest BCUT2D eigenvalue weighted by Gasteiger charge is -2.32. The van der Waals surface area contributed by atoms with E-state index >= 15 is 0 Å². The number of unbranched alkanes of at least 4 members (excludes halogenated alkanes) is 5. The molecule has 1 aromatic rings. The number of rotatable bonds is 11. The van der Waals surface area contributed by atoms with E-state index in [0.29, 0.717) is 6.61 Å². The SMILES string of the molecule is CCCCCCCCOC(=O)c1ncc(/C=C(\C)C=CC2=C(C)CCCC2(C)C)cn1. The van der Waals surface area contributed by atoms with Crippen LogP contribution in [-0.4, -0.2) is 22.5 Å². The maximum absolute atomic E-state index is 12.1. The molecule has 0 saturated heterocycles. The molecule has 4 nitrogen and oxygen atoms in total. The van der Waals surface area contributed by atoms with Crippen LogP contribution in [0.4, 0.5) is 0 Å². The molecule has 0 aliphatic heterocycles. The summed E-state index contributed by atoms with van der Waals surface area (Å²) >= 11 is 0. The zero-order valence-electron chi connectivity index (χ0n) is 20.2. The van der Waals surface area contributed by atoms with Crippen molar-refractivity contribution in [2.75, 3.05) is 6.61 Å². The lowest BCUT2D eigenvalue weighted by molar-refractivity contribution is 0.0483. The first-order chi connectivity index (χ1) is 14.8. The van der Waals surface area contributed by atoms with Gasteiger partial charge < -0.3 is 4.74 Å². The van der Waals surface area contributed by atoms with E-state index in [1.807, 2.05) is 6.08 Å². The summed E-state index contributed by atoms with van der Waals surface area (Å²) in [5, 5.41) is 0. The van der Waals surface area contributed by atoms with Gasteiger partial charge in [-0.15, -0.1) is 0 Å². The van der Waals surface area contributed by atoms with Crippen LogP contribution in [0.15, 0.2) is 41.3 Å². The summed E-state index contributed by atoms with van der Waals surface area (Å²) in [6.07, 6.45) is 20.5. The van der Waals surface area contributed by atoms with E-state index in [1.54, 1.807) is 12.4 Å². The van der Waals surface area contributed by atoms with Crippen LogP contribution in [0, 0.1) is 5.41 Å². The third kappa shape index (κ3) is 8.43. The first-order valence-electron chi connectivity index (χ1n) is 11.9. The predicted octanol–water partition coefficient (Wildman–Crippen LogP) is 7.48. The number of hydrogen-bond acceptors (Lipinski definition) is 4. The first kappa shape index (κ1) is 25.0. The Kier molecular flexibility index (Phi) is 10.2. The number of carbonyl (C=O) groups excluding carboxylic acids is 1. The van der Waals surface area contributed by atoms with Gasteiger partial charge in [-0.3, -0.25) is 0 Å². The second-order valence-electron chi connectivity index (χ2n) is 9.40. The van der Waals surface area contributed by atoms with E-state index in [4.69, 9.17) is 4.74 Å². The summed E-state index contributed by atoms with van der Waals surface area (Å²) in [4.78, 5) is 20.5. The fraction of sp³-hybridized carbons (Fsp3) is 0.593. The van der Waals surface area contributed by atoms with Gasteiger partial charge in [-0.25, -0.2) is 14.8 Å². The van der Waals surface area contributed by atoms with Gasteiger partial charge in [-0.2, -0.15) is 0 Å². The van der Waals surface area contributed by atoms with Gasteiger partial charge in [0.05, 0.1) is 6.61 Å². The van der Waals surface area contributed by atoms with Crippen LogP contribution in [0.5, 0.6) is 0 Å². The van der Waals surface area contributed by atoms with Gasteiger partial charge in [0, 0.05) is 18.0 Å². The average molecular weight is 425 g/mol. The van der Waals surface area contributed by atoms with Crippen molar-refractivity contribution in [1.82, 2.24) is 9.97 Å². The van der Waals surface area contributed by atoms with E-state index < -0.39 is 5.97 Å². The zero-order valence-corrected chi connectivity index (χ0v) is 20.2. The summed E-state index contributed by atoms with van der Waals surface area (Å²) in [6, 6.07) is 0. The summed E-state index contributed by atoms with van der Waals surface area (Å²) in [5.41, 5.74) is 5.19. The van der Waals surface area contributed by atoms with Crippen LogP contribution >= 0.6 is 0 Å². The van der Waals surface area contributed by atoms with Gasteiger partial charge in [0.15, 0.2) is 0 Å². The maximum Gasteiger partial charge on any atom is 0.376 e. The Morgan fingerprint density at radius 2 is 1.81 bits per heavy atom. The van der Waals surface area contributed by atoms with Gasteiger partial charge in [0.25, 0.3) is 0 Å². The average Bonchev–Trinajstić information content (AvgIpc) is 2.72. The van der Waals surface area contributed by atoms with E-state index in [0.717, 1.165) is 24.0 Å². The molecule has 1 aromatic heterocycles. The third-order valence-corrected chi connectivity index (χ3v) is 6.04. The molecule has 0 aromatic carbocycles. The highest BCUT2D eigenvalue weighted by Gasteiger charge is 2.26. The molecule has 1 heterocycles. The number of nitrogens with zero attached hydrogens (tertiary/aromatic N) is 2. The molecule has 0 bridgehead atoms. The molecule has 0 unspecified atom stereocenters. The Morgan fingerprint density at radius 3 is 2.48 bits per heavy atom. The number of ether oxygens (including phenoxy) is 1. The summed E-state index contributed by atoms with van der Waals surface area (Å²) in [6.45, 7) is 11.6.